The van der Waals surface area contributed by atoms with Crippen molar-refractivity contribution < 1.29 is 28.1 Å². The van der Waals surface area contributed by atoms with Crippen molar-refractivity contribution in [2.75, 3.05) is 11.9 Å². The van der Waals surface area contributed by atoms with E-state index in [-0.39, 0.29) is 22.9 Å². The summed E-state index contributed by atoms with van der Waals surface area (Å²) in [5.41, 5.74) is 0.886. The first-order valence-corrected chi connectivity index (χ1v) is 9.30. The monoisotopic (exact) mass is 419 g/mol. The number of aliphatic hydroxyl groups is 1. The molecular weight excluding hydrogens is 404 g/mol. The van der Waals surface area contributed by atoms with Crippen molar-refractivity contribution in [2.24, 2.45) is 0 Å². The van der Waals surface area contributed by atoms with Crippen molar-refractivity contribution in [3.63, 3.8) is 0 Å². The Morgan fingerprint density at radius 2 is 2.10 bits per heavy atom. The number of anilines is 1. The molecule has 0 unspecified atom stereocenters. The summed E-state index contributed by atoms with van der Waals surface area (Å²) in [4.78, 5) is 24.7. The van der Waals surface area contributed by atoms with E-state index >= 15 is 0 Å². The maximum Gasteiger partial charge on any atom is 0.327 e. The van der Waals surface area contributed by atoms with Crippen molar-refractivity contribution >= 4 is 31.6 Å². The van der Waals surface area contributed by atoms with Crippen LogP contribution in [0.5, 0.6) is 0 Å². The van der Waals surface area contributed by atoms with Crippen LogP contribution in [-0.4, -0.2) is 55.5 Å². The van der Waals surface area contributed by atoms with Crippen molar-refractivity contribution in [3.8, 4) is 0 Å². The molecule has 3 aromatic rings. The molecule has 1 aliphatic heterocycles. The zero-order valence-electron chi connectivity index (χ0n) is 14.8. The van der Waals surface area contributed by atoms with Crippen LogP contribution in [0.25, 0.3) is 11.2 Å². The third-order valence-corrected chi connectivity index (χ3v) is 4.84. The minimum atomic E-state index is -1.73. The van der Waals surface area contributed by atoms with Crippen LogP contribution >= 0.6 is 8.69 Å². The second kappa shape index (κ2) is 8.26. The summed E-state index contributed by atoms with van der Waals surface area (Å²) >= 11 is 0. The van der Waals surface area contributed by atoms with Gasteiger partial charge in [-0.2, -0.15) is 0 Å². The molecular formula is C17H15FN5O5P. The average Bonchev–Trinajstić information content (AvgIpc) is 3.31. The summed E-state index contributed by atoms with van der Waals surface area (Å²) in [5, 5.41) is 12.0. The summed E-state index contributed by atoms with van der Waals surface area (Å²) in [7, 11) is -0.721. The molecule has 10 nitrogen and oxygen atoms in total. The number of alkyl halides is 1. The third-order valence-electron chi connectivity index (χ3n) is 4.51. The molecule has 1 fully saturated rings. The highest BCUT2D eigenvalue weighted by atomic mass is 31.1. The molecule has 4 atom stereocenters. The highest BCUT2D eigenvalue weighted by Crippen LogP contribution is 2.36. The number of amides is 1. The lowest BCUT2D eigenvalue weighted by atomic mass is 10.1. The molecule has 0 aliphatic carbocycles. The van der Waals surface area contributed by atoms with E-state index in [0.29, 0.717) is 5.56 Å². The van der Waals surface area contributed by atoms with Gasteiger partial charge >= 0.3 is 8.69 Å². The molecule has 1 aromatic carbocycles. The second-order valence-corrected chi connectivity index (χ2v) is 6.56. The number of imidazole rings is 1. The first-order chi connectivity index (χ1) is 14.1. The number of carbonyl (C=O) groups is 1. The van der Waals surface area contributed by atoms with Crippen LogP contribution in [0.1, 0.15) is 16.6 Å². The van der Waals surface area contributed by atoms with E-state index in [9.17, 15) is 18.9 Å². The van der Waals surface area contributed by atoms with Crippen molar-refractivity contribution in [1.82, 2.24) is 19.5 Å². The van der Waals surface area contributed by atoms with Crippen LogP contribution in [0, 0.1) is 0 Å². The zero-order valence-corrected chi connectivity index (χ0v) is 15.6. The van der Waals surface area contributed by atoms with Gasteiger partial charge in [0.1, 0.15) is 18.5 Å². The maximum absolute atomic E-state index is 14.8. The van der Waals surface area contributed by atoms with Gasteiger partial charge < -0.3 is 15.2 Å². The molecule has 4 rings (SSSR count). The first-order valence-electron chi connectivity index (χ1n) is 8.57. The van der Waals surface area contributed by atoms with Crippen LogP contribution in [0.2, 0.25) is 0 Å². The molecule has 1 aliphatic rings. The van der Waals surface area contributed by atoms with Crippen LogP contribution in [0.15, 0.2) is 43.0 Å². The number of nitrogens with zero attached hydrogens (tertiary/aromatic N) is 4. The van der Waals surface area contributed by atoms with E-state index in [1.54, 1.807) is 30.3 Å². The molecule has 29 heavy (non-hydrogen) atoms. The van der Waals surface area contributed by atoms with Gasteiger partial charge in [0.05, 0.1) is 12.9 Å². The van der Waals surface area contributed by atoms with Gasteiger partial charge in [-0.1, -0.05) is 18.2 Å². The van der Waals surface area contributed by atoms with Crippen LogP contribution in [-0.2, 0) is 13.8 Å². The number of aromatic nitrogens is 4. The number of ether oxygens (including phenoxy) is 1. The number of aliphatic hydroxyl groups excluding tert-OH is 1. The topological polar surface area (TPSA) is 128 Å². The molecule has 0 saturated carbocycles. The first kappa shape index (κ1) is 19.5. The van der Waals surface area contributed by atoms with E-state index in [2.05, 4.69) is 20.3 Å². The van der Waals surface area contributed by atoms with E-state index in [1.807, 2.05) is 0 Å². The Balaban J connectivity index is 1.64. The van der Waals surface area contributed by atoms with Crippen LogP contribution in [0.3, 0.4) is 0 Å². The average molecular weight is 419 g/mol. The SMILES string of the molecule is O=PO[C@H]1[C@H](F)[C@H](n2cnc3c(NC(=O)c4ccccc4)ncnc32)O[C@@H]1CO. The van der Waals surface area contributed by atoms with Crippen molar-refractivity contribution in [3.05, 3.63) is 48.5 Å². The van der Waals surface area contributed by atoms with Gasteiger partial charge in [-0.3, -0.25) is 13.9 Å². The van der Waals surface area contributed by atoms with Gasteiger partial charge in [0.15, 0.2) is 29.4 Å². The molecule has 12 heteroatoms. The summed E-state index contributed by atoms with van der Waals surface area (Å²) in [6.45, 7) is -0.517. The largest absolute Gasteiger partial charge is 0.394 e. The number of fused-ring (bicyclic) bond motifs is 1. The van der Waals surface area contributed by atoms with Crippen molar-refractivity contribution in [1.29, 1.82) is 0 Å². The van der Waals surface area contributed by atoms with Gasteiger partial charge in [0.2, 0.25) is 0 Å². The number of halogens is 1. The van der Waals surface area contributed by atoms with E-state index in [1.165, 1.54) is 17.2 Å². The van der Waals surface area contributed by atoms with Crippen LogP contribution in [0.4, 0.5) is 10.2 Å². The summed E-state index contributed by atoms with van der Waals surface area (Å²) < 4.78 is 37.2. The molecule has 1 saturated heterocycles. The Morgan fingerprint density at radius 3 is 2.83 bits per heavy atom. The Hall–Kier alpha value is -2.85. The number of hydrogen-bond donors (Lipinski definition) is 2. The molecule has 0 bridgehead atoms. The minimum Gasteiger partial charge on any atom is -0.394 e. The highest BCUT2D eigenvalue weighted by Gasteiger charge is 2.47. The smallest absolute Gasteiger partial charge is 0.327 e. The number of hydrogen-bond acceptors (Lipinski definition) is 8. The maximum atomic E-state index is 14.8. The molecule has 0 radical (unpaired) electrons. The second-order valence-electron chi connectivity index (χ2n) is 6.20. The molecule has 150 valence electrons. The lowest BCUT2D eigenvalue weighted by Crippen LogP contribution is -2.31. The molecule has 1 amide bonds. The Labute approximate surface area is 165 Å². The molecule has 0 spiro atoms. The lowest BCUT2D eigenvalue weighted by molar-refractivity contribution is -0.0427. The van der Waals surface area contributed by atoms with Gasteiger partial charge in [-0.15, -0.1) is 0 Å². The fraction of sp³-hybridized carbons (Fsp3) is 0.294. The number of benzene rings is 1. The van der Waals surface area contributed by atoms with Gasteiger partial charge in [-0.25, -0.2) is 23.9 Å². The minimum absolute atomic E-state index is 0.153. The standard InChI is InChI=1S/C17H15FN5O5P/c18-11-13(28-29-26)10(6-24)27-17(11)23-8-21-12-14(19-7-20-15(12)23)22-16(25)9-4-2-1-3-5-9/h1-5,7-8,10-11,13,17,24H,6H2,(H,19,20,22,25)/t10-,11+,13-,17-/m1/s1. The van der Waals surface area contributed by atoms with E-state index in [4.69, 9.17) is 9.26 Å². The third kappa shape index (κ3) is 3.60. The number of rotatable bonds is 6. The highest BCUT2D eigenvalue weighted by molar-refractivity contribution is 7.17. The lowest BCUT2D eigenvalue weighted by Gasteiger charge is -2.15. The van der Waals surface area contributed by atoms with Gasteiger partial charge in [0.25, 0.3) is 5.91 Å². The normalized spacial score (nSPS) is 24.2. The van der Waals surface area contributed by atoms with Gasteiger partial charge in [0, 0.05) is 5.56 Å². The number of nitrogens with one attached hydrogen (secondary N) is 1. The zero-order chi connectivity index (χ0) is 20.4. The Bertz CT molecular complexity index is 1040. The van der Waals surface area contributed by atoms with Gasteiger partial charge in [-0.05, 0) is 12.1 Å². The summed E-state index contributed by atoms with van der Waals surface area (Å²) in [6.07, 6.45) is -2.68. The Morgan fingerprint density at radius 1 is 1.31 bits per heavy atom. The van der Waals surface area contributed by atoms with E-state index in [0.717, 1.165) is 0 Å². The summed E-state index contributed by atoms with van der Waals surface area (Å²) in [5.74, 6) is -0.232. The number of carbonyl (C=O) groups excluding carboxylic acids is 1. The quantitative estimate of drug-likeness (QED) is 0.580. The molecule has 3 heterocycles. The fourth-order valence-electron chi connectivity index (χ4n) is 3.14. The van der Waals surface area contributed by atoms with Crippen LogP contribution < -0.4 is 5.32 Å². The predicted octanol–water partition coefficient (Wildman–Crippen LogP) is 1.90. The van der Waals surface area contributed by atoms with E-state index < -0.39 is 39.9 Å². The molecule has 2 N–H and O–H groups in total. The van der Waals surface area contributed by atoms with Crippen molar-refractivity contribution in [2.45, 2.75) is 24.6 Å². The fourth-order valence-corrected chi connectivity index (χ4v) is 3.49. The molecule has 2 aromatic heterocycles. The predicted molar refractivity (Wildman–Crippen MR) is 98.1 cm³/mol. The summed E-state index contributed by atoms with van der Waals surface area (Å²) in [6, 6.07) is 8.55. The Kier molecular flexibility index (Phi) is 5.54.